The second-order valence-electron chi connectivity index (χ2n) is 10.7. The van der Waals surface area contributed by atoms with E-state index in [9.17, 15) is 23.7 Å². The second kappa shape index (κ2) is 16.0. The molecule has 2 unspecified atom stereocenters. The van der Waals surface area contributed by atoms with Crippen molar-refractivity contribution in [2.24, 2.45) is 0 Å². The minimum atomic E-state index is -3.37. The molecule has 0 aliphatic heterocycles. The van der Waals surface area contributed by atoms with Crippen LogP contribution >= 0.6 is 8.25 Å². The number of ketones is 4. The summed E-state index contributed by atoms with van der Waals surface area (Å²) in [4.78, 5) is 52.3. The number of aryl methyl sites for hydroxylation is 2. The largest absolute Gasteiger partial charge is 0.319 e. The first kappa shape index (κ1) is 32.6. The molecule has 0 aliphatic carbocycles. The molecular weight excluding hydrogens is 575 g/mol. The molecular formula is C36H35O7P. The second-order valence-corrected chi connectivity index (χ2v) is 11.7. The molecule has 0 aliphatic rings. The van der Waals surface area contributed by atoms with Crippen LogP contribution in [0.15, 0.2) is 109 Å². The SMILES string of the molecule is Cc1ccc(C(=O)CC(CC(=O)c2ccccc2)O[PH](=O)OC(CC(=O)c2ccccc2)CC(=O)c2ccc(C)cc2)cc1. The summed E-state index contributed by atoms with van der Waals surface area (Å²) in [6.45, 7) is 3.81. The van der Waals surface area contributed by atoms with Crippen LogP contribution in [0.4, 0.5) is 0 Å². The Morgan fingerprint density at radius 1 is 0.477 bits per heavy atom. The van der Waals surface area contributed by atoms with Gasteiger partial charge in [-0.25, -0.2) is 0 Å². The van der Waals surface area contributed by atoms with Crippen molar-refractivity contribution in [2.75, 3.05) is 0 Å². The fourth-order valence-electron chi connectivity index (χ4n) is 4.64. The van der Waals surface area contributed by atoms with Crippen molar-refractivity contribution >= 4 is 31.4 Å². The van der Waals surface area contributed by atoms with Gasteiger partial charge in [-0.05, 0) is 13.8 Å². The molecule has 0 heterocycles. The fourth-order valence-corrected chi connectivity index (χ4v) is 5.57. The molecule has 4 aromatic carbocycles. The highest BCUT2D eigenvalue weighted by Crippen LogP contribution is 2.34. The summed E-state index contributed by atoms with van der Waals surface area (Å²) >= 11 is 0. The Kier molecular flexibility index (Phi) is 11.8. The maximum absolute atomic E-state index is 13.3. The summed E-state index contributed by atoms with van der Waals surface area (Å²) in [5, 5.41) is 0. The van der Waals surface area contributed by atoms with Crippen LogP contribution in [0.25, 0.3) is 0 Å². The van der Waals surface area contributed by atoms with E-state index in [0.717, 1.165) is 11.1 Å². The number of Topliss-reactive ketones (excluding diaryl/α,β-unsaturated/α-hetero) is 4. The van der Waals surface area contributed by atoms with Crippen LogP contribution in [-0.4, -0.2) is 35.3 Å². The van der Waals surface area contributed by atoms with Crippen molar-refractivity contribution in [2.45, 2.75) is 51.7 Å². The molecule has 0 bridgehead atoms. The lowest BCUT2D eigenvalue weighted by Crippen LogP contribution is -2.23. The Morgan fingerprint density at radius 3 is 1.05 bits per heavy atom. The summed E-state index contributed by atoms with van der Waals surface area (Å²) in [6.07, 6.45) is -2.95. The Balaban J connectivity index is 1.51. The zero-order valence-electron chi connectivity index (χ0n) is 24.7. The molecule has 0 fully saturated rings. The average molecular weight is 611 g/mol. The summed E-state index contributed by atoms with van der Waals surface area (Å²) in [7, 11) is -3.37. The molecule has 226 valence electrons. The van der Waals surface area contributed by atoms with Gasteiger partial charge in [0.2, 0.25) is 0 Å². The summed E-state index contributed by atoms with van der Waals surface area (Å²) in [6, 6.07) is 31.1. The third-order valence-electron chi connectivity index (χ3n) is 7.12. The van der Waals surface area contributed by atoms with E-state index in [0.29, 0.717) is 22.3 Å². The van der Waals surface area contributed by atoms with Gasteiger partial charge >= 0.3 is 8.25 Å². The molecule has 0 amide bonds. The maximum atomic E-state index is 13.3. The normalized spacial score (nSPS) is 13.0. The van der Waals surface area contributed by atoms with Crippen molar-refractivity contribution < 1.29 is 32.8 Å². The van der Waals surface area contributed by atoms with Gasteiger partial charge in [0, 0.05) is 47.9 Å². The quantitative estimate of drug-likeness (QED) is 0.0940. The Hall–Kier alpha value is -4.29. The third-order valence-corrected chi connectivity index (χ3v) is 8.17. The lowest BCUT2D eigenvalue weighted by Gasteiger charge is -2.20. The van der Waals surface area contributed by atoms with Gasteiger partial charge < -0.3 is 9.05 Å². The molecule has 4 aromatic rings. The van der Waals surface area contributed by atoms with Gasteiger partial charge in [-0.1, -0.05) is 120 Å². The minimum Gasteiger partial charge on any atom is -0.306 e. The van der Waals surface area contributed by atoms with Crippen LogP contribution in [0.1, 0.15) is 78.2 Å². The zero-order chi connectivity index (χ0) is 31.5. The highest BCUT2D eigenvalue weighted by molar-refractivity contribution is 7.33. The topological polar surface area (TPSA) is 104 Å². The van der Waals surface area contributed by atoms with Crippen LogP contribution in [0.5, 0.6) is 0 Å². The molecule has 0 N–H and O–H groups in total. The van der Waals surface area contributed by atoms with Crippen LogP contribution in [0.2, 0.25) is 0 Å². The van der Waals surface area contributed by atoms with E-state index >= 15 is 0 Å². The monoisotopic (exact) mass is 610 g/mol. The molecule has 4 rings (SSSR count). The van der Waals surface area contributed by atoms with E-state index in [4.69, 9.17) is 9.05 Å². The highest BCUT2D eigenvalue weighted by Gasteiger charge is 2.27. The summed E-state index contributed by atoms with van der Waals surface area (Å²) in [5.41, 5.74) is 3.71. The fraction of sp³-hybridized carbons (Fsp3) is 0.222. The lowest BCUT2D eigenvalue weighted by atomic mass is 9.99. The molecule has 0 radical (unpaired) electrons. The Morgan fingerprint density at radius 2 is 0.750 bits per heavy atom. The van der Waals surface area contributed by atoms with Gasteiger partial charge in [-0.15, -0.1) is 0 Å². The zero-order valence-corrected chi connectivity index (χ0v) is 25.7. The third kappa shape index (κ3) is 9.88. The smallest absolute Gasteiger partial charge is 0.306 e. The Bertz CT molecular complexity index is 1480. The molecule has 0 saturated carbocycles. The average Bonchev–Trinajstić information content (AvgIpc) is 3.02. The molecule has 0 saturated heterocycles. The first-order chi connectivity index (χ1) is 21.2. The maximum Gasteiger partial charge on any atom is 0.319 e. The van der Waals surface area contributed by atoms with E-state index in [1.165, 1.54) is 0 Å². The summed E-state index contributed by atoms with van der Waals surface area (Å²) < 4.78 is 24.8. The first-order valence-corrected chi connectivity index (χ1v) is 15.6. The number of benzene rings is 4. The van der Waals surface area contributed by atoms with Crippen molar-refractivity contribution in [3.05, 3.63) is 143 Å². The van der Waals surface area contributed by atoms with Crippen molar-refractivity contribution in [3.63, 3.8) is 0 Å². The number of carbonyl (C=O) groups is 4. The minimum absolute atomic E-state index is 0.211. The van der Waals surface area contributed by atoms with Gasteiger partial charge in [0.25, 0.3) is 0 Å². The summed E-state index contributed by atoms with van der Waals surface area (Å²) in [5.74, 6) is -1.13. The first-order valence-electron chi connectivity index (χ1n) is 14.4. The van der Waals surface area contributed by atoms with Gasteiger partial charge in [-0.3, -0.25) is 23.7 Å². The van der Waals surface area contributed by atoms with E-state index in [1.54, 1.807) is 84.9 Å². The molecule has 0 spiro atoms. The number of rotatable bonds is 16. The molecule has 0 aromatic heterocycles. The van der Waals surface area contributed by atoms with Crippen molar-refractivity contribution in [3.8, 4) is 0 Å². The van der Waals surface area contributed by atoms with E-state index in [2.05, 4.69) is 0 Å². The van der Waals surface area contributed by atoms with E-state index in [-0.39, 0.29) is 48.8 Å². The van der Waals surface area contributed by atoms with Gasteiger partial charge in [0.15, 0.2) is 23.1 Å². The van der Waals surface area contributed by atoms with E-state index < -0.39 is 20.5 Å². The predicted octanol–water partition coefficient (Wildman–Crippen LogP) is 7.86. The van der Waals surface area contributed by atoms with Crippen LogP contribution < -0.4 is 0 Å². The number of carbonyl (C=O) groups excluding carboxylic acids is 4. The van der Waals surface area contributed by atoms with Gasteiger partial charge in [-0.2, -0.15) is 0 Å². The molecule has 7 nitrogen and oxygen atoms in total. The van der Waals surface area contributed by atoms with Crippen molar-refractivity contribution in [1.29, 1.82) is 0 Å². The molecule has 2 atom stereocenters. The number of hydrogen-bond acceptors (Lipinski definition) is 7. The van der Waals surface area contributed by atoms with Gasteiger partial charge in [0.05, 0.1) is 12.2 Å². The van der Waals surface area contributed by atoms with Crippen molar-refractivity contribution in [1.82, 2.24) is 0 Å². The molecule has 44 heavy (non-hydrogen) atoms. The van der Waals surface area contributed by atoms with Gasteiger partial charge in [0.1, 0.15) is 0 Å². The highest BCUT2D eigenvalue weighted by atomic mass is 31.1. The molecule has 8 heteroatoms. The van der Waals surface area contributed by atoms with E-state index in [1.807, 2.05) is 38.1 Å². The predicted molar refractivity (Wildman–Crippen MR) is 170 cm³/mol. The van der Waals surface area contributed by atoms with Crippen LogP contribution in [0.3, 0.4) is 0 Å². The standard InChI is InChI=1S/C36H35O7P/c1-25-13-17-29(18-14-25)35(39)23-31(21-33(37)27-9-5-3-6-10-27)42-44(41)43-32(22-34(38)28-11-7-4-8-12-28)24-36(40)30-19-15-26(2)16-20-30/h3-20,31-32,44H,21-24H2,1-2H3. The lowest BCUT2D eigenvalue weighted by molar-refractivity contribution is 0.0737. The Labute approximate surface area is 258 Å². The number of hydrogen-bond donors (Lipinski definition) is 0. The van der Waals surface area contributed by atoms with Crippen LogP contribution in [0, 0.1) is 13.8 Å². The van der Waals surface area contributed by atoms with Crippen LogP contribution in [-0.2, 0) is 13.6 Å².